The molecule has 0 atom stereocenters. The minimum atomic E-state index is -0.330. The van der Waals surface area contributed by atoms with Gasteiger partial charge in [0.2, 0.25) is 0 Å². The van der Waals surface area contributed by atoms with Crippen molar-refractivity contribution in [3.8, 4) is 0 Å². The van der Waals surface area contributed by atoms with Crippen LogP contribution >= 0.6 is 0 Å². The lowest BCUT2D eigenvalue weighted by Crippen LogP contribution is -2.48. The topological polar surface area (TPSA) is 51.4 Å². The summed E-state index contributed by atoms with van der Waals surface area (Å²) in [7, 11) is 0. The predicted octanol–water partition coefficient (Wildman–Crippen LogP) is 4.40. The van der Waals surface area contributed by atoms with E-state index in [1.807, 2.05) is 25.1 Å². The lowest BCUT2D eigenvalue weighted by Gasteiger charge is -2.38. The first-order valence-electron chi connectivity index (χ1n) is 10.1. The summed E-state index contributed by atoms with van der Waals surface area (Å²) in [5, 5.41) is 3.37. The lowest BCUT2D eigenvalue weighted by molar-refractivity contribution is 0.102. The Bertz CT molecular complexity index is 996. The van der Waals surface area contributed by atoms with Crippen LogP contribution in [0.3, 0.4) is 0 Å². The number of aryl methyl sites for hydroxylation is 1. The Morgan fingerprint density at radius 1 is 1.10 bits per heavy atom. The Hall–Kier alpha value is -2.86. The largest absolute Gasteiger partial charge is 0.369 e. The van der Waals surface area contributed by atoms with Crippen LogP contribution in [0.1, 0.15) is 29.9 Å². The van der Waals surface area contributed by atoms with E-state index in [9.17, 15) is 9.18 Å². The third-order valence-electron chi connectivity index (χ3n) is 5.71. The number of H-pyrrole nitrogens is 1. The molecule has 0 spiro atoms. The molecule has 5 nitrogen and oxygen atoms in total. The minimum Gasteiger partial charge on any atom is -0.369 e. The third-order valence-corrected chi connectivity index (χ3v) is 5.71. The van der Waals surface area contributed by atoms with Crippen LogP contribution in [0, 0.1) is 12.7 Å². The average molecular weight is 394 g/mol. The number of hydrogen-bond donors (Lipinski definition) is 2. The number of fused-ring (bicyclic) bond motifs is 1. The normalized spacial score (nSPS) is 15.3. The van der Waals surface area contributed by atoms with E-state index < -0.39 is 0 Å². The second-order valence-electron chi connectivity index (χ2n) is 7.96. The maximum Gasteiger partial charge on any atom is 0.272 e. The predicted molar refractivity (Wildman–Crippen MR) is 116 cm³/mol. The Labute approximate surface area is 170 Å². The Balaban J connectivity index is 1.49. The lowest BCUT2D eigenvalue weighted by atomic mass is 10.1. The number of amides is 1. The minimum absolute atomic E-state index is 0.276. The van der Waals surface area contributed by atoms with E-state index in [1.165, 1.54) is 6.07 Å². The van der Waals surface area contributed by atoms with Crippen LogP contribution in [0.2, 0.25) is 0 Å². The van der Waals surface area contributed by atoms with Gasteiger partial charge in [0.1, 0.15) is 11.5 Å². The van der Waals surface area contributed by atoms with Gasteiger partial charge in [-0.3, -0.25) is 9.69 Å². The van der Waals surface area contributed by atoms with E-state index in [-0.39, 0.29) is 11.7 Å². The molecule has 1 aliphatic heterocycles. The summed E-state index contributed by atoms with van der Waals surface area (Å²) in [5.74, 6) is -0.606. The van der Waals surface area contributed by atoms with Crippen LogP contribution in [-0.2, 0) is 0 Å². The summed E-state index contributed by atoms with van der Waals surface area (Å²) in [4.78, 5) is 20.6. The number of hydrogen-bond acceptors (Lipinski definition) is 3. The number of benzene rings is 2. The van der Waals surface area contributed by atoms with Crippen LogP contribution in [0.25, 0.3) is 10.9 Å². The van der Waals surface area contributed by atoms with Crippen molar-refractivity contribution in [3.63, 3.8) is 0 Å². The van der Waals surface area contributed by atoms with Crippen molar-refractivity contribution in [3.05, 3.63) is 59.5 Å². The molecule has 0 radical (unpaired) electrons. The molecule has 0 unspecified atom stereocenters. The van der Waals surface area contributed by atoms with Crippen LogP contribution in [0.15, 0.2) is 42.5 Å². The number of halogens is 1. The van der Waals surface area contributed by atoms with E-state index in [2.05, 4.69) is 40.0 Å². The van der Waals surface area contributed by atoms with E-state index in [0.717, 1.165) is 43.1 Å². The van der Waals surface area contributed by atoms with Crippen molar-refractivity contribution < 1.29 is 9.18 Å². The van der Waals surface area contributed by atoms with Crippen molar-refractivity contribution in [1.82, 2.24) is 9.88 Å². The molecule has 2 N–H and O–H groups in total. The summed E-state index contributed by atoms with van der Waals surface area (Å²) in [5.41, 5.74) is 3.75. The fourth-order valence-electron chi connectivity index (χ4n) is 3.92. The number of carbonyl (C=O) groups excluding carboxylic acids is 1. The quantitative estimate of drug-likeness (QED) is 0.690. The number of piperazine rings is 1. The first-order valence-corrected chi connectivity index (χ1v) is 10.1. The fourth-order valence-corrected chi connectivity index (χ4v) is 3.92. The van der Waals surface area contributed by atoms with E-state index in [0.29, 0.717) is 22.6 Å². The monoisotopic (exact) mass is 394 g/mol. The highest BCUT2D eigenvalue weighted by molar-refractivity contribution is 6.06. The zero-order chi connectivity index (χ0) is 20.5. The standard InChI is InChI=1S/C23H27FN4O/c1-15(2)27-9-11-28(12-10-27)18-6-4-5-17(13-18)25-23(29)21-14-19-20(24)8-7-16(3)22(19)26-21/h4-8,13-15,26H,9-12H2,1-3H3,(H,25,29). The maximum absolute atomic E-state index is 14.0. The molecule has 4 rings (SSSR count). The number of anilines is 2. The Morgan fingerprint density at radius 3 is 2.55 bits per heavy atom. The second-order valence-corrected chi connectivity index (χ2v) is 7.96. The number of rotatable bonds is 4. The van der Waals surface area contributed by atoms with Gasteiger partial charge >= 0.3 is 0 Å². The summed E-state index contributed by atoms with van der Waals surface area (Å²) < 4.78 is 14.0. The number of nitrogens with one attached hydrogen (secondary N) is 2. The van der Waals surface area contributed by atoms with Gasteiger partial charge in [-0.2, -0.15) is 0 Å². The molecule has 6 heteroatoms. The first-order chi connectivity index (χ1) is 13.9. The molecule has 1 fully saturated rings. The Morgan fingerprint density at radius 2 is 1.86 bits per heavy atom. The van der Waals surface area contributed by atoms with Gasteiger partial charge in [-0.15, -0.1) is 0 Å². The molecule has 2 aromatic carbocycles. The van der Waals surface area contributed by atoms with E-state index in [1.54, 1.807) is 12.1 Å². The van der Waals surface area contributed by atoms with E-state index in [4.69, 9.17) is 0 Å². The van der Waals surface area contributed by atoms with E-state index >= 15 is 0 Å². The van der Waals surface area contributed by atoms with Gasteiger partial charge in [0.25, 0.3) is 5.91 Å². The first kappa shape index (κ1) is 19.5. The zero-order valence-electron chi connectivity index (χ0n) is 17.1. The SMILES string of the molecule is Cc1ccc(F)c2cc(C(=O)Nc3cccc(N4CCN(C(C)C)CC4)c3)[nH]c12. The van der Waals surface area contributed by atoms with Gasteiger partial charge in [0.15, 0.2) is 0 Å². The number of aromatic amines is 1. The van der Waals surface area contributed by atoms with Crippen LogP contribution in [-0.4, -0.2) is 48.0 Å². The van der Waals surface area contributed by atoms with Crippen molar-refractivity contribution in [2.75, 3.05) is 36.4 Å². The maximum atomic E-state index is 14.0. The molecule has 29 heavy (non-hydrogen) atoms. The molecule has 0 aliphatic carbocycles. The molecular formula is C23H27FN4O. The number of carbonyl (C=O) groups is 1. The van der Waals surface area contributed by atoms with Gasteiger partial charge in [-0.25, -0.2) is 4.39 Å². The third kappa shape index (κ3) is 3.98. The fraction of sp³-hybridized carbons (Fsp3) is 0.348. The van der Waals surface area contributed by atoms with Crippen molar-refractivity contribution in [2.24, 2.45) is 0 Å². The summed E-state index contributed by atoms with van der Waals surface area (Å²) in [6.45, 7) is 10.4. The zero-order valence-corrected chi connectivity index (χ0v) is 17.1. The molecule has 1 aliphatic rings. The highest BCUT2D eigenvalue weighted by Crippen LogP contribution is 2.24. The molecule has 0 saturated carbocycles. The molecule has 1 saturated heterocycles. The van der Waals surface area contributed by atoms with Gasteiger partial charge in [0.05, 0.1) is 5.52 Å². The highest BCUT2D eigenvalue weighted by atomic mass is 19.1. The molecule has 1 aromatic heterocycles. The van der Waals surface area contributed by atoms with Gasteiger partial charge in [-0.1, -0.05) is 12.1 Å². The van der Waals surface area contributed by atoms with Crippen molar-refractivity contribution >= 4 is 28.2 Å². The van der Waals surface area contributed by atoms with Crippen molar-refractivity contribution in [2.45, 2.75) is 26.8 Å². The van der Waals surface area contributed by atoms with Gasteiger partial charge < -0.3 is 15.2 Å². The molecule has 1 amide bonds. The van der Waals surface area contributed by atoms with Gasteiger partial charge in [-0.05, 0) is 56.7 Å². The number of nitrogens with zero attached hydrogens (tertiary/aromatic N) is 2. The number of aromatic nitrogens is 1. The Kier molecular flexibility index (Phi) is 5.28. The second kappa shape index (κ2) is 7.87. The molecule has 3 aromatic rings. The van der Waals surface area contributed by atoms with Crippen LogP contribution in [0.5, 0.6) is 0 Å². The average Bonchev–Trinajstić information content (AvgIpc) is 3.18. The van der Waals surface area contributed by atoms with Gasteiger partial charge in [0, 0.05) is 49.0 Å². The molecule has 2 heterocycles. The summed E-state index contributed by atoms with van der Waals surface area (Å²) in [6.07, 6.45) is 0. The summed E-state index contributed by atoms with van der Waals surface area (Å²) >= 11 is 0. The van der Waals surface area contributed by atoms with Crippen LogP contribution < -0.4 is 10.2 Å². The smallest absolute Gasteiger partial charge is 0.272 e. The highest BCUT2D eigenvalue weighted by Gasteiger charge is 2.19. The summed E-state index contributed by atoms with van der Waals surface area (Å²) in [6, 6.07) is 13.2. The molecule has 152 valence electrons. The van der Waals surface area contributed by atoms with Crippen molar-refractivity contribution in [1.29, 1.82) is 0 Å². The van der Waals surface area contributed by atoms with Crippen LogP contribution in [0.4, 0.5) is 15.8 Å². The molecular weight excluding hydrogens is 367 g/mol. The molecule has 0 bridgehead atoms.